The molecule has 1 heterocycles. The number of H-pyrrole nitrogens is 1. The average Bonchev–Trinajstić information content (AvgIpc) is 2.84. The molecule has 10 nitrogen and oxygen atoms in total. The zero-order chi connectivity index (χ0) is 27.0. The standard InChI is InChI=1S/C27H30N4O6/c1-5-36-25(34)24(33)28-19-13-11-18(12-14-19)20-16-22(30-31-23(20)32)21(15-17-9-7-6-8-10-17)29-26(35)37-27(2,3)4/h6-14,16,21H,5,15H2,1-4H3,(H,28,33)(H,29,35)(H,31,32)/t21-/m0/s1. The largest absolute Gasteiger partial charge is 0.459 e. The molecule has 3 N–H and O–H groups in total. The number of benzene rings is 2. The van der Waals surface area contributed by atoms with Gasteiger partial charge in [-0.1, -0.05) is 42.5 Å². The van der Waals surface area contributed by atoms with E-state index >= 15 is 0 Å². The number of carbonyl (C=O) groups excluding carboxylic acids is 3. The predicted octanol–water partition coefficient (Wildman–Crippen LogP) is 3.75. The second-order valence-electron chi connectivity index (χ2n) is 9.18. The quantitative estimate of drug-likeness (QED) is 0.328. The Labute approximate surface area is 214 Å². The first-order valence-electron chi connectivity index (χ1n) is 11.8. The molecule has 0 bridgehead atoms. The van der Waals surface area contributed by atoms with E-state index in [1.54, 1.807) is 58.0 Å². The molecule has 10 heteroatoms. The summed E-state index contributed by atoms with van der Waals surface area (Å²) in [5, 5.41) is 12.0. The van der Waals surface area contributed by atoms with Crippen LogP contribution in [0.5, 0.6) is 0 Å². The molecule has 1 atom stereocenters. The minimum absolute atomic E-state index is 0.0897. The summed E-state index contributed by atoms with van der Waals surface area (Å²) in [6.45, 7) is 7.01. The van der Waals surface area contributed by atoms with Gasteiger partial charge in [-0.25, -0.2) is 14.7 Å². The summed E-state index contributed by atoms with van der Waals surface area (Å²) in [5.41, 5.74) is 1.51. The van der Waals surface area contributed by atoms with E-state index in [-0.39, 0.29) is 6.61 Å². The molecule has 2 amide bonds. The fourth-order valence-electron chi connectivity index (χ4n) is 3.46. The summed E-state index contributed by atoms with van der Waals surface area (Å²) in [7, 11) is 0. The van der Waals surface area contributed by atoms with Gasteiger partial charge in [0.25, 0.3) is 5.56 Å². The van der Waals surface area contributed by atoms with Crippen molar-refractivity contribution in [3.8, 4) is 11.1 Å². The molecule has 0 fully saturated rings. The highest BCUT2D eigenvalue weighted by atomic mass is 16.6. The molecular formula is C27H30N4O6. The lowest BCUT2D eigenvalue weighted by Crippen LogP contribution is -2.36. The lowest BCUT2D eigenvalue weighted by molar-refractivity contribution is -0.152. The van der Waals surface area contributed by atoms with Crippen LogP contribution in [0.2, 0.25) is 0 Å². The maximum atomic E-state index is 12.6. The van der Waals surface area contributed by atoms with Crippen LogP contribution in [-0.2, 0) is 25.5 Å². The third-order valence-corrected chi connectivity index (χ3v) is 5.07. The van der Waals surface area contributed by atoms with Crippen molar-refractivity contribution >= 4 is 23.7 Å². The van der Waals surface area contributed by atoms with Gasteiger partial charge >= 0.3 is 18.0 Å². The lowest BCUT2D eigenvalue weighted by Gasteiger charge is -2.23. The van der Waals surface area contributed by atoms with Crippen molar-refractivity contribution in [3.63, 3.8) is 0 Å². The highest BCUT2D eigenvalue weighted by Gasteiger charge is 2.23. The summed E-state index contributed by atoms with van der Waals surface area (Å²) in [6.07, 6.45) is -0.193. The number of hydrogen-bond acceptors (Lipinski definition) is 7. The van der Waals surface area contributed by atoms with E-state index < -0.39 is 35.2 Å². The van der Waals surface area contributed by atoms with E-state index in [2.05, 4.69) is 25.6 Å². The maximum Gasteiger partial charge on any atom is 0.408 e. The second kappa shape index (κ2) is 12.0. The Bertz CT molecular complexity index is 1300. The molecule has 1 aromatic heterocycles. The van der Waals surface area contributed by atoms with Gasteiger partial charge in [-0.15, -0.1) is 0 Å². The zero-order valence-corrected chi connectivity index (χ0v) is 21.2. The fraction of sp³-hybridized carbons (Fsp3) is 0.296. The number of esters is 1. The third-order valence-electron chi connectivity index (χ3n) is 5.07. The molecule has 0 aliphatic heterocycles. The van der Waals surface area contributed by atoms with Crippen molar-refractivity contribution in [1.29, 1.82) is 0 Å². The number of aromatic amines is 1. The Hall–Kier alpha value is -4.47. The van der Waals surface area contributed by atoms with Gasteiger partial charge in [-0.2, -0.15) is 5.10 Å². The number of nitrogens with one attached hydrogen (secondary N) is 3. The van der Waals surface area contributed by atoms with E-state index in [1.807, 2.05) is 30.3 Å². The van der Waals surface area contributed by atoms with Crippen molar-refractivity contribution in [2.75, 3.05) is 11.9 Å². The summed E-state index contributed by atoms with van der Waals surface area (Å²) < 4.78 is 10.1. The summed E-state index contributed by atoms with van der Waals surface area (Å²) >= 11 is 0. The molecule has 0 saturated carbocycles. The van der Waals surface area contributed by atoms with E-state index in [0.717, 1.165) is 5.56 Å². The van der Waals surface area contributed by atoms with Gasteiger partial charge < -0.3 is 20.1 Å². The molecule has 0 spiro atoms. The minimum atomic E-state index is -0.983. The molecule has 2 aromatic carbocycles. The van der Waals surface area contributed by atoms with Crippen LogP contribution in [0.3, 0.4) is 0 Å². The molecule has 194 valence electrons. The Morgan fingerprint density at radius 1 is 1.03 bits per heavy atom. The molecule has 3 aromatic rings. The predicted molar refractivity (Wildman–Crippen MR) is 138 cm³/mol. The zero-order valence-electron chi connectivity index (χ0n) is 21.2. The van der Waals surface area contributed by atoms with Gasteiger partial charge in [-0.05, 0) is 63.4 Å². The molecule has 3 rings (SSSR count). The smallest absolute Gasteiger partial charge is 0.408 e. The molecule has 0 radical (unpaired) electrons. The number of anilines is 1. The second-order valence-corrected chi connectivity index (χ2v) is 9.18. The lowest BCUT2D eigenvalue weighted by atomic mass is 10.0. The van der Waals surface area contributed by atoms with Crippen molar-refractivity contribution in [2.45, 2.75) is 45.8 Å². The number of hydrogen-bond donors (Lipinski definition) is 3. The first kappa shape index (κ1) is 27.1. The first-order valence-corrected chi connectivity index (χ1v) is 11.8. The highest BCUT2D eigenvalue weighted by Crippen LogP contribution is 2.23. The van der Waals surface area contributed by atoms with E-state index in [4.69, 9.17) is 4.74 Å². The average molecular weight is 507 g/mol. The summed E-state index contributed by atoms with van der Waals surface area (Å²) in [5.74, 6) is -1.88. The van der Waals surface area contributed by atoms with Crippen LogP contribution in [0.1, 0.15) is 45.0 Å². The molecule has 37 heavy (non-hydrogen) atoms. The van der Waals surface area contributed by atoms with Crippen LogP contribution in [0.15, 0.2) is 65.5 Å². The first-order chi connectivity index (χ1) is 17.6. The third kappa shape index (κ3) is 8.03. The molecular weight excluding hydrogens is 476 g/mol. The Morgan fingerprint density at radius 3 is 2.32 bits per heavy atom. The molecule has 0 saturated heterocycles. The van der Waals surface area contributed by atoms with E-state index in [9.17, 15) is 19.2 Å². The van der Waals surface area contributed by atoms with Gasteiger partial charge in [0.05, 0.1) is 23.9 Å². The normalized spacial score (nSPS) is 11.8. The van der Waals surface area contributed by atoms with Gasteiger partial charge in [0.2, 0.25) is 0 Å². The van der Waals surface area contributed by atoms with Crippen LogP contribution in [0.25, 0.3) is 11.1 Å². The Kier molecular flexibility index (Phi) is 8.78. The monoisotopic (exact) mass is 506 g/mol. The fourth-order valence-corrected chi connectivity index (χ4v) is 3.46. The number of amides is 2. The molecule has 0 unspecified atom stereocenters. The number of ether oxygens (including phenoxy) is 2. The van der Waals surface area contributed by atoms with Gasteiger partial charge in [0.1, 0.15) is 5.60 Å². The SMILES string of the molecule is CCOC(=O)C(=O)Nc1ccc(-c2cc([C@H](Cc3ccccc3)NC(=O)OC(C)(C)C)n[nH]c2=O)cc1. The highest BCUT2D eigenvalue weighted by molar-refractivity contribution is 6.37. The number of carbonyl (C=O) groups is 3. The number of nitrogens with zero attached hydrogens (tertiary/aromatic N) is 1. The summed E-state index contributed by atoms with van der Waals surface area (Å²) in [4.78, 5) is 48.6. The minimum Gasteiger partial charge on any atom is -0.459 e. The van der Waals surface area contributed by atoms with Crippen LogP contribution < -0.4 is 16.2 Å². The Morgan fingerprint density at radius 2 is 1.70 bits per heavy atom. The van der Waals surface area contributed by atoms with Crippen molar-refractivity contribution in [2.24, 2.45) is 0 Å². The Balaban J connectivity index is 1.87. The van der Waals surface area contributed by atoms with E-state index in [0.29, 0.717) is 28.9 Å². The molecule has 0 aliphatic rings. The van der Waals surface area contributed by atoms with Gasteiger partial charge in [-0.3, -0.25) is 9.59 Å². The number of alkyl carbamates (subject to hydrolysis) is 1. The van der Waals surface area contributed by atoms with Crippen LogP contribution >= 0.6 is 0 Å². The van der Waals surface area contributed by atoms with Crippen molar-refractivity contribution < 1.29 is 23.9 Å². The number of aromatic nitrogens is 2. The summed E-state index contributed by atoms with van der Waals surface area (Å²) in [6, 6.07) is 17.0. The number of rotatable bonds is 7. The molecule has 0 aliphatic carbocycles. The van der Waals surface area contributed by atoms with Gasteiger partial charge in [0.15, 0.2) is 0 Å². The van der Waals surface area contributed by atoms with Crippen molar-refractivity contribution in [3.05, 3.63) is 82.3 Å². The maximum absolute atomic E-state index is 12.6. The van der Waals surface area contributed by atoms with E-state index in [1.165, 1.54) is 0 Å². The van der Waals surface area contributed by atoms with Crippen LogP contribution in [0.4, 0.5) is 10.5 Å². The topological polar surface area (TPSA) is 139 Å². The van der Waals surface area contributed by atoms with Crippen LogP contribution in [-0.4, -0.2) is 40.4 Å². The van der Waals surface area contributed by atoms with Crippen molar-refractivity contribution in [1.82, 2.24) is 15.5 Å². The van der Waals surface area contributed by atoms with Gasteiger partial charge in [0, 0.05) is 5.69 Å². The van der Waals surface area contributed by atoms with Crippen LogP contribution in [0, 0.1) is 0 Å².